The van der Waals surface area contributed by atoms with Gasteiger partial charge in [-0.3, -0.25) is 14.4 Å². The number of carbonyl (C=O) groups excluding carboxylic acids is 2. The second-order valence-electron chi connectivity index (χ2n) is 6.83. The normalized spacial score (nSPS) is 14.0. The molecule has 1 atom stereocenters. The molecule has 0 saturated carbocycles. The largest absolute Gasteiger partial charge is 0.481 e. The van der Waals surface area contributed by atoms with E-state index in [9.17, 15) is 19.5 Å². The predicted molar refractivity (Wildman–Crippen MR) is 101 cm³/mol. The van der Waals surface area contributed by atoms with Crippen LogP contribution in [0.1, 0.15) is 34.8 Å². The van der Waals surface area contributed by atoms with Crippen LogP contribution in [0.4, 0.5) is 5.69 Å². The molecule has 0 radical (unpaired) electrons. The van der Waals surface area contributed by atoms with Gasteiger partial charge in [0.05, 0.1) is 5.92 Å². The zero-order chi connectivity index (χ0) is 19.4. The Balaban J connectivity index is 1.85. The maximum atomic E-state index is 13.1. The van der Waals surface area contributed by atoms with Gasteiger partial charge >= 0.3 is 5.97 Å². The van der Waals surface area contributed by atoms with Gasteiger partial charge in [-0.2, -0.15) is 0 Å². The van der Waals surface area contributed by atoms with E-state index in [4.69, 9.17) is 0 Å². The highest BCUT2D eigenvalue weighted by atomic mass is 16.4. The first-order valence-corrected chi connectivity index (χ1v) is 8.93. The van der Waals surface area contributed by atoms with Crippen LogP contribution in [0.15, 0.2) is 48.5 Å². The molecule has 0 aliphatic carbocycles. The van der Waals surface area contributed by atoms with Crippen molar-refractivity contribution < 1.29 is 19.5 Å². The van der Waals surface area contributed by atoms with E-state index in [2.05, 4.69) is 5.32 Å². The minimum Gasteiger partial charge on any atom is -0.481 e. The van der Waals surface area contributed by atoms with E-state index in [1.165, 1.54) is 0 Å². The average Bonchev–Trinajstić information content (AvgIpc) is 2.67. The highest BCUT2D eigenvalue weighted by molar-refractivity contribution is 5.98. The summed E-state index contributed by atoms with van der Waals surface area (Å²) in [6.07, 6.45) is 0.987. The summed E-state index contributed by atoms with van der Waals surface area (Å²) in [7, 11) is 0. The molecule has 6 nitrogen and oxygen atoms in total. The van der Waals surface area contributed by atoms with Crippen LogP contribution in [-0.4, -0.2) is 34.3 Å². The molecule has 0 saturated heterocycles. The van der Waals surface area contributed by atoms with E-state index in [1.54, 1.807) is 30.0 Å². The van der Waals surface area contributed by atoms with Gasteiger partial charge in [0.15, 0.2) is 0 Å². The molecular weight excluding hydrogens is 344 g/mol. The molecule has 27 heavy (non-hydrogen) atoms. The number of hydrogen-bond acceptors (Lipinski definition) is 3. The third-order valence-electron chi connectivity index (χ3n) is 4.67. The van der Waals surface area contributed by atoms with Crippen LogP contribution >= 0.6 is 0 Å². The number of carboxylic acid groups (broad SMARTS) is 1. The van der Waals surface area contributed by atoms with Crippen molar-refractivity contribution in [3.63, 3.8) is 0 Å². The lowest BCUT2D eigenvalue weighted by molar-refractivity contribution is -0.141. The van der Waals surface area contributed by atoms with Gasteiger partial charge in [0, 0.05) is 30.8 Å². The van der Waals surface area contributed by atoms with Crippen LogP contribution in [0.2, 0.25) is 0 Å². The molecular formula is C21H22N2O4. The minimum atomic E-state index is -0.936. The van der Waals surface area contributed by atoms with Crippen molar-refractivity contribution in [2.24, 2.45) is 5.92 Å². The van der Waals surface area contributed by atoms with Gasteiger partial charge in [-0.1, -0.05) is 37.3 Å². The second kappa shape index (κ2) is 8.03. The molecule has 140 valence electrons. The highest BCUT2D eigenvalue weighted by Crippen LogP contribution is 2.24. The summed E-state index contributed by atoms with van der Waals surface area (Å²) in [5.41, 5.74) is 3.09. The fourth-order valence-corrected chi connectivity index (χ4v) is 3.13. The number of hydrogen-bond donors (Lipinski definition) is 2. The molecule has 2 aromatic rings. The van der Waals surface area contributed by atoms with E-state index >= 15 is 0 Å². The summed E-state index contributed by atoms with van der Waals surface area (Å²) < 4.78 is 0. The summed E-state index contributed by atoms with van der Waals surface area (Å²) >= 11 is 0. The number of rotatable bonds is 6. The monoisotopic (exact) mass is 366 g/mol. The maximum Gasteiger partial charge on any atom is 0.308 e. The van der Waals surface area contributed by atoms with Gasteiger partial charge in [-0.15, -0.1) is 0 Å². The summed E-state index contributed by atoms with van der Waals surface area (Å²) in [5, 5.41) is 12.1. The molecule has 1 aliphatic heterocycles. The quantitative estimate of drug-likeness (QED) is 0.823. The molecule has 6 heteroatoms. The van der Waals surface area contributed by atoms with Crippen LogP contribution in [0, 0.1) is 5.92 Å². The molecule has 3 rings (SSSR count). The first-order valence-electron chi connectivity index (χ1n) is 8.93. The molecule has 1 heterocycles. The summed E-state index contributed by atoms with van der Waals surface area (Å²) in [6.45, 7) is 2.05. The van der Waals surface area contributed by atoms with Crippen molar-refractivity contribution in [3.8, 4) is 0 Å². The number of carbonyl (C=O) groups is 3. The molecule has 2 aromatic carbocycles. The SMILES string of the molecule is C[C@@H](CN(Cc1ccccc1)C(=O)c1ccc2c(c1)CCC(=O)N2)C(=O)O. The standard InChI is InChI=1S/C21H22N2O4/c1-14(21(26)27)12-23(13-15-5-3-2-4-6-15)20(25)17-7-9-18-16(11-17)8-10-19(24)22-18/h2-7,9,11,14H,8,10,12-13H2,1H3,(H,22,24)(H,26,27)/t14-/m0/s1. The lowest BCUT2D eigenvalue weighted by atomic mass is 9.99. The Kier molecular flexibility index (Phi) is 5.54. The maximum absolute atomic E-state index is 13.1. The third-order valence-corrected chi connectivity index (χ3v) is 4.67. The van der Waals surface area contributed by atoms with E-state index in [-0.39, 0.29) is 18.4 Å². The lowest BCUT2D eigenvalue weighted by Gasteiger charge is -2.26. The zero-order valence-corrected chi connectivity index (χ0v) is 15.1. The van der Waals surface area contributed by atoms with E-state index < -0.39 is 11.9 Å². The highest BCUT2D eigenvalue weighted by Gasteiger charge is 2.23. The number of anilines is 1. The topological polar surface area (TPSA) is 86.7 Å². The summed E-state index contributed by atoms with van der Waals surface area (Å²) in [4.78, 5) is 37.5. The number of carboxylic acids is 1. The van der Waals surface area contributed by atoms with Crippen LogP contribution in [0.25, 0.3) is 0 Å². The number of aliphatic carboxylic acids is 1. The lowest BCUT2D eigenvalue weighted by Crippen LogP contribution is -2.36. The first-order chi connectivity index (χ1) is 12.9. The van der Waals surface area contributed by atoms with Crippen LogP contribution < -0.4 is 5.32 Å². The molecule has 0 unspecified atom stereocenters. The predicted octanol–water partition coefficient (Wildman–Crippen LogP) is 2.93. The van der Waals surface area contributed by atoms with Crippen molar-refractivity contribution >= 4 is 23.5 Å². The van der Waals surface area contributed by atoms with Crippen molar-refractivity contribution in [3.05, 3.63) is 65.2 Å². The Labute approximate surface area is 157 Å². The van der Waals surface area contributed by atoms with Crippen molar-refractivity contribution in [2.75, 3.05) is 11.9 Å². The Morgan fingerprint density at radius 1 is 1.15 bits per heavy atom. The van der Waals surface area contributed by atoms with E-state index in [0.717, 1.165) is 16.8 Å². The number of amides is 2. The Hall–Kier alpha value is -3.15. The van der Waals surface area contributed by atoms with E-state index in [1.807, 2.05) is 30.3 Å². The second-order valence-corrected chi connectivity index (χ2v) is 6.83. The third kappa shape index (κ3) is 4.53. The molecule has 0 fully saturated rings. The van der Waals surface area contributed by atoms with Crippen molar-refractivity contribution in [1.29, 1.82) is 0 Å². The van der Waals surface area contributed by atoms with Gasteiger partial charge in [0.2, 0.25) is 5.91 Å². The number of fused-ring (bicyclic) bond motifs is 1. The van der Waals surface area contributed by atoms with Crippen LogP contribution in [-0.2, 0) is 22.6 Å². The number of nitrogens with one attached hydrogen (secondary N) is 1. The van der Waals surface area contributed by atoms with Crippen molar-refractivity contribution in [1.82, 2.24) is 4.90 Å². The van der Waals surface area contributed by atoms with Gasteiger partial charge < -0.3 is 15.3 Å². The van der Waals surface area contributed by atoms with E-state index in [0.29, 0.717) is 24.9 Å². The number of aryl methyl sites for hydroxylation is 1. The summed E-state index contributed by atoms with van der Waals surface area (Å²) in [5.74, 6) is -1.85. The van der Waals surface area contributed by atoms with Gasteiger partial charge in [-0.05, 0) is 35.7 Å². The van der Waals surface area contributed by atoms with Crippen LogP contribution in [0.3, 0.4) is 0 Å². The van der Waals surface area contributed by atoms with Gasteiger partial charge in [0.25, 0.3) is 5.91 Å². The molecule has 0 aromatic heterocycles. The number of nitrogens with zero attached hydrogens (tertiary/aromatic N) is 1. The Morgan fingerprint density at radius 3 is 2.59 bits per heavy atom. The molecule has 0 spiro atoms. The number of benzene rings is 2. The fourth-order valence-electron chi connectivity index (χ4n) is 3.13. The van der Waals surface area contributed by atoms with Gasteiger partial charge in [0.1, 0.15) is 0 Å². The Bertz CT molecular complexity index is 864. The average molecular weight is 366 g/mol. The molecule has 0 bridgehead atoms. The van der Waals surface area contributed by atoms with Crippen molar-refractivity contribution in [2.45, 2.75) is 26.3 Å². The van der Waals surface area contributed by atoms with Gasteiger partial charge in [-0.25, -0.2) is 0 Å². The summed E-state index contributed by atoms with van der Waals surface area (Å²) in [6, 6.07) is 14.7. The molecule has 1 aliphatic rings. The smallest absolute Gasteiger partial charge is 0.308 e. The van der Waals surface area contributed by atoms with Crippen LogP contribution in [0.5, 0.6) is 0 Å². The zero-order valence-electron chi connectivity index (χ0n) is 15.1. The molecule has 2 N–H and O–H groups in total. The first kappa shape index (κ1) is 18.6. The molecule has 2 amide bonds. The minimum absolute atomic E-state index is 0.0254. The Morgan fingerprint density at radius 2 is 1.89 bits per heavy atom. The fraction of sp³-hybridized carbons (Fsp3) is 0.286.